The maximum absolute atomic E-state index is 3.28. The van der Waals surface area contributed by atoms with Crippen molar-refractivity contribution in [2.75, 3.05) is 13.1 Å². The van der Waals surface area contributed by atoms with Crippen LogP contribution < -0.4 is 5.32 Å². The smallest absolute Gasteiger partial charge is 0.00516 e. The molecule has 0 atom stereocenters. The van der Waals surface area contributed by atoms with Crippen LogP contribution in [0.25, 0.3) is 10.8 Å². The highest BCUT2D eigenvalue weighted by Gasteiger charge is 2.08. The van der Waals surface area contributed by atoms with Crippen molar-refractivity contribution in [1.82, 2.24) is 5.32 Å². The SMILES string of the molecule is CCCCCCCCCc1ccc2ccccc2c1CCCCCCCCC.CCCNCCC. The van der Waals surface area contributed by atoms with Crippen LogP contribution in [0.1, 0.15) is 142 Å². The maximum Gasteiger partial charge on any atom is -0.00516 e. The zero-order valence-electron chi connectivity index (χ0n) is 24.1. The van der Waals surface area contributed by atoms with E-state index in [0.717, 1.165) is 0 Å². The largest absolute Gasteiger partial charge is 0.317 e. The monoisotopic (exact) mass is 481 g/mol. The average molecular weight is 482 g/mol. The van der Waals surface area contributed by atoms with E-state index in [2.05, 4.69) is 69.4 Å². The number of fused-ring (bicyclic) bond motifs is 1. The third kappa shape index (κ3) is 15.4. The number of hydrogen-bond acceptors (Lipinski definition) is 1. The summed E-state index contributed by atoms with van der Waals surface area (Å²) in [5.41, 5.74) is 3.27. The van der Waals surface area contributed by atoms with Crippen LogP contribution in [-0.4, -0.2) is 13.1 Å². The quantitative estimate of drug-likeness (QED) is 0.185. The van der Waals surface area contributed by atoms with Gasteiger partial charge in [0, 0.05) is 0 Å². The van der Waals surface area contributed by atoms with E-state index in [1.165, 1.54) is 139 Å². The zero-order chi connectivity index (χ0) is 25.4. The lowest BCUT2D eigenvalue weighted by Crippen LogP contribution is -2.14. The van der Waals surface area contributed by atoms with Crippen molar-refractivity contribution in [2.45, 2.75) is 143 Å². The lowest BCUT2D eigenvalue weighted by Gasteiger charge is -2.14. The molecule has 1 nitrogen and oxygen atoms in total. The molecule has 0 saturated heterocycles. The van der Waals surface area contributed by atoms with Gasteiger partial charge in [0.1, 0.15) is 0 Å². The maximum atomic E-state index is 3.28. The summed E-state index contributed by atoms with van der Waals surface area (Å²) in [6, 6.07) is 13.8. The molecule has 0 heterocycles. The summed E-state index contributed by atoms with van der Waals surface area (Å²) in [6.45, 7) is 11.3. The van der Waals surface area contributed by atoms with Gasteiger partial charge in [-0.2, -0.15) is 0 Å². The van der Waals surface area contributed by atoms with E-state index in [0.29, 0.717) is 0 Å². The molecule has 0 aliphatic rings. The molecule has 2 aromatic rings. The van der Waals surface area contributed by atoms with Gasteiger partial charge in [0.15, 0.2) is 0 Å². The van der Waals surface area contributed by atoms with E-state index >= 15 is 0 Å². The fourth-order valence-corrected chi connectivity index (χ4v) is 4.92. The highest BCUT2D eigenvalue weighted by molar-refractivity contribution is 5.86. The number of aryl methyl sites for hydroxylation is 2. The predicted octanol–water partition coefficient (Wildman–Crippen LogP) is 10.8. The van der Waals surface area contributed by atoms with Gasteiger partial charge < -0.3 is 5.32 Å². The van der Waals surface area contributed by atoms with E-state index in [9.17, 15) is 0 Å². The van der Waals surface area contributed by atoms with Crippen LogP contribution in [-0.2, 0) is 12.8 Å². The normalized spacial score (nSPS) is 11.0. The predicted molar refractivity (Wildman–Crippen MR) is 161 cm³/mol. The highest BCUT2D eigenvalue weighted by Crippen LogP contribution is 2.26. The van der Waals surface area contributed by atoms with Crippen LogP contribution in [0.3, 0.4) is 0 Å². The van der Waals surface area contributed by atoms with E-state index in [1.54, 1.807) is 11.1 Å². The second kappa shape index (κ2) is 23.1. The molecule has 0 fully saturated rings. The van der Waals surface area contributed by atoms with Crippen LogP contribution in [0.15, 0.2) is 36.4 Å². The minimum Gasteiger partial charge on any atom is -0.317 e. The minimum atomic E-state index is 1.17. The first kappa shape index (κ1) is 31.7. The Bertz CT molecular complexity index is 716. The van der Waals surface area contributed by atoms with Crippen molar-refractivity contribution in [3.8, 4) is 0 Å². The zero-order valence-corrected chi connectivity index (χ0v) is 24.1. The average Bonchev–Trinajstić information content (AvgIpc) is 2.89. The Balaban J connectivity index is 0.000000762. The molecule has 0 aliphatic carbocycles. The number of benzene rings is 2. The standard InChI is InChI=1S/C28H44.C6H15N/c1-3-5-7-9-11-13-15-19-25-23-24-26-20-17-18-22-28(26)27(25)21-16-14-12-10-8-6-4-2;1-3-5-7-6-4-2/h17-18,20,22-24H,3-16,19,21H2,1-2H3;7H,3-6H2,1-2H3. The van der Waals surface area contributed by atoms with E-state index in [-0.39, 0.29) is 0 Å². The number of nitrogens with one attached hydrogen (secondary N) is 1. The van der Waals surface area contributed by atoms with E-state index in [4.69, 9.17) is 0 Å². The van der Waals surface area contributed by atoms with Crippen molar-refractivity contribution >= 4 is 10.8 Å². The minimum absolute atomic E-state index is 1.17. The molecule has 200 valence electrons. The molecule has 0 saturated carbocycles. The van der Waals surface area contributed by atoms with E-state index in [1.807, 2.05) is 0 Å². The molecule has 0 unspecified atom stereocenters. The molecule has 35 heavy (non-hydrogen) atoms. The van der Waals surface area contributed by atoms with Crippen molar-refractivity contribution in [3.05, 3.63) is 47.5 Å². The molecule has 0 amide bonds. The van der Waals surface area contributed by atoms with Gasteiger partial charge >= 0.3 is 0 Å². The van der Waals surface area contributed by atoms with Gasteiger partial charge in [-0.05, 0) is 73.5 Å². The highest BCUT2D eigenvalue weighted by atomic mass is 14.8. The molecule has 0 aromatic heterocycles. The summed E-state index contributed by atoms with van der Waals surface area (Å²) in [5, 5.41) is 6.21. The molecular formula is C34H59N. The second-order valence-corrected chi connectivity index (χ2v) is 10.4. The van der Waals surface area contributed by atoms with Gasteiger partial charge in [-0.25, -0.2) is 0 Å². The van der Waals surface area contributed by atoms with Crippen molar-refractivity contribution < 1.29 is 0 Å². The van der Waals surface area contributed by atoms with Gasteiger partial charge in [-0.15, -0.1) is 0 Å². The lowest BCUT2D eigenvalue weighted by atomic mass is 9.91. The summed E-state index contributed by atoms with van der Waals surface area (Å²) < 4.78 is 0. The summed E-state index contributed by atoms with van der Waals surface area (Å²) >= 11 is 0. The number of rotatable bonds is 20. The Hall–Kier alpha value is -1.34. The fraction of sp³-hybridized carbons (Fsp3) is 0.706. The molecular weight excluding hydrogens is 422 g/mol. The number of unbranched alkanes of at least 4 members (excludes halogenated alkanes) is 12. The molecule has 0 aliphatic heterocycles. The van der Waals surface area contributed by atoms with Crippen LogP contribution >= 0.6 is 0 Å². The van der Waals surface area contributed by atoms with Crippen LogP contribution in [0, 0.1) is 0 Å². The summed E-state index contributed by atoms with van der Waals surface area (Å²) in [7, 11) is 0. The Morgan fingerprint density at radius 1 is 0.486 bits per heavy atom. The first-order valence-corrected chi connectivity index (χ1v) is 15.5. The van der Waals surface area contributed by atoms with Crippen LogP contribution in [0.4, 0.5) is 0 Å². The Morgan fingerprint density at radius 2 is 1.00 bits per heavy atom. The second-order valence-electron chi connectivity index (χ2n) is 10.4. The summed E-state index contributed by atoms with van der Waals surface area (Å²) in [4.78, 5) is 0. The van der Waals surface area contributed by atoms with Crippen molar-refractivity contribution in [2.24, 2.45) is 0 Å². The lowest BCUT2D eigenvalue weighted by molar-refractivity contribution is 0.583. The van der Waals surface area contributed by atoms with Crippen molar-refractivity contribution in [3.63, 3.8) is 0 Å². The van der Waals surface area contributed by atoms with Gasteiger partial charge in [0.2, 0.25) is 0 Å². The first-order chi connectivity index (χ1) is 17.3. The Morgan fingerprint density at radius 3 is 1.57 bits per heavy atom. The fourth-order valence-electron chi connectivity index (χ4n) is 4.92. The van der Waals surface area contributed by atoms with Crippen LogP contribution in [0.2, 0.25) is 0 Å². The molecule has 0 spiro atoms. The molecule has 0 radical (unpaired) electrons. The van der Waals surface area contributed by atoms with Gasteiger partial charge in [0.05, 0.1) is 0 Å². The first-order valence-electron chi connectivity index (χ1n) is 15.5. The van der Waals surface area contributed by atoms with E-state index < -0.39 is 0 Å². The molecule has 2 rings (SSSR count). The summed E-state index contributed by atoms with van der Waals surface area (Å²) in [5.74, 6) is 0. The van der Waals surface area contributed by atoms with Crippen molar-refractivity contribution in [1.29, 1.82) is 0 Å². The molecule has 1 N–H and O–H groups in total. The van der Waals surface area contributed by atoms with Gasteiger partial charge in [-0.3, -0.25) is 0 Å². The Kier molecular flexibility index (Phi) is 20.9. The third-order valence-electron chi connectivity index (χ3n) is 7.07. The summed E-state index contributed by atoms with van der Waals surface area (Å²) in [6.07, 6.45) is 24.6. The molecule has 0 bridgehead atoms. The third-order valence-corrected chi connectivity index (χ3v) is 7.07. The van der Waals surface area contributed by atoms with Gasteiger partial charge in [-0.1, -0.05) is 141 Å². The van der Waals surface area contributed by atoms with Gasteiger partial charge in [0.25, 0.3) is 0 Å². The number of hydrogen-bond donors (Lipinski definition) is 1. The van der Waals surface area contributed by atoms with Crippen LogP contribution in [0.5, 0.6) is 0 Å². The Labute approximate surface area is 219 Å². The molecule has 1 heteroatoms. The topological polar surface area (TPSA) is 12.0 Å². The molecule has 2 aromatic carbocycles.